The third-order valence-corrected chi connectivity index (χ3v) is 8.47. The maximum absolute atomic E-state index is 13.8. The van der Waals surface area contributed by atoms with E-state index in [1.54, 1.807) is 21.6 Å². The van der Waals surface area contributed by atoms with Crippen LogP contribution in [-0.4, -0.2) is 72.0 Å². The summed E-state index contributed by atoms with van der Waals surface area (Å²) in [6, 6.07) is 3.90. The minimum absolute atomic E-state index is 0.00151. The number of carboxylic acid groups (broad SMARTS) is 1. The van der Waals surface area contributed by atoms with Gasteiger partial charge in [-0.05, 0) is 78.0 Å². The molecule has 222 valence electrons. The molecule has 0 radical (unpaired) electrons. The SMILES string of the molecule is CC(=O)O.Cc1ccc2nc(NC3CC(C)(C)NC(C)(C)C3)c(C=C3SC(=S)N(CC4CCCO4)C3=O)c(=O)n2c1. The molecular weight excluding hydrogens is 562 g/mol. The molecule has 0 spiro atoms. The number of ether oxygens (including phenoxy) is 1. The second-order valence-electron chi connectivity index (χ2n) is 12.2. The normalized spacial score (nSPS) is 23.1. The lowest BCUT2D eigenvalue weighted by atomic mass is 9.79. The zero-order valence-electron chi connectivity index (χ0n) is 24.4. The van der Waals surface area contributed by atoms with Gasteiger partial charge in [-0.25, -0.2) is 4.98 Å². The Labute approximate surface area is 249 Å². The van der Waals surface area contributed by atoms with Crippen molar-refractivity contribution in [2.45, 2.75) is 90.4 Å². The predicted molar refractivity (Wildman–Crippen MR) is 166 cm³/mol. The van der Waals surface area contributed by atoms with Crippen LogP contribution in [0.4, 0.5) is 5.82 Å². The highest BCUT2D eigenvalue weighted by Gasteiger charge is 2.39. The van der Waals surface area contributed by atoms with Crippen LogP contribution in [0.1, 0.15) is 71.4 Å². The molecule has 0 aromatic carbocycles. The first-order valence-electron chi connectivity index (χ1n) is 13.8. The van der Waals surface area contributed by atoms with E-state index in [4.69, 9.17) is 31.8 Å². The second kappa shape index (κ2) is 12.2. The summed E-state index contributed by atoms with van der Waals surface area (Å²) in [6.45, 7) is 12.9. The summed E-state index contributed by atoms with van der Waals surface area (Å²) < 4.78 is 7.76. The molecule has 3 saturated heterocycles. The molecule has 1 amide bonds. The summed E-state index contributed by atoms with van der Waals surface area (Å²) in [5.41, 5.74) is 1.52. The minimum atomic E-state index is -0.833. The molecule has 10 nitrogen and oxygen atoms in total. The van der Waals surface area contributed by atoms with Crippen LogP contribution in [0.25, 0.3) is 11.7 Å². The summed E-state index contributed by atoms with van der Waals surface area (Å²) in [4.78, 5) is 43.0. The van der Waals surface area contributed by atoms with Gasteiger partial charge in [-0.2, -0.15) is 0 Å². The molecule has 41 heavy (non-hydrogen) atoms. The molecule has 1 unspecified atom stereocenters. The van der Waals surface area contributed by atoms with Gasteiger partial charge in [0.1, 0.15) is 15.8 Å². The van der Waals surface area contributed by atoms with Crippen molar-refractivity contribution in [1.82, 2.24) is 19.6 Å². The zero-order valence-corrected chi connectivity index (χ0v) is 26.1. The fourth-order valence-corrected chi connectivity index (χ4v) is 7.15. The van der Waals surface area contributed by atoms with Crippen molar-refractivity contribution in [3.63, 3.8) is 0 Å². The van der Waals surface area contributed by atoms with Crippen molar-refractivity contribution < 1.29 is 19.4 Å². The van der Waals surface area contributed by atoms with E-state index in [1.165, 1.54) is 11.8 Å². The van der Waals surface area contributed by atoms with E-state index in [-0.39, 0.29) is 34.7 Å². The average Bonchev–Trinajstić information content (AvgIpc) is 3.44. The Morgan fingerprint density at radius 2 is 1.93 bits per heavy atom. The van der Waals surface area contributed by atoms with E-state index in [1.807, 2.05) is 19.1 Å². The van der Waals surface area contributed by atoms with E-state index >= 15 is 0 Å². The number of hydrogen-bond acceptors (Lipinski definition) is 9. The average molecular weight is 602 g/mol. The van der Waals surface area contributed by atoms with Crippen molar-refractivity contribution in [3.8, 4) is 0 Å². The smallest absolute Gasteiger partial charge is 0.300 e. The van der Waals surface area contributed by atoms with E-state index in [0.717, 1.165) is 38.2 Å². The summed E-state index contributed by atoms with van der Waals surface area (Å²) in [7, 11) is 0. The van der Waals surface area contributed by atoms with Gasteiger partial charge in [0.15, 0.2) is 0 Å². The number of nitrogens with one attached hydrogen (secondary N) is 2. The summed E-state index contributed by atoms with van der Waals surface area (Å²) >= 11 is 6.77. The number of amides is 1. The van der Waals surface area contributed by atoms with Crippen LogP contribution in [-0.2, 0) is 14.3 Å². The van der Waals surface area contributed by atoms with Crippen molar-refractivity contribution in [2.75, 3.05) is 18.5 Å². The Balaban J connectivity index is 0.000000909. The van der Waals surface area contributed by atoms with Crippen LogP contribution < -0.4 is 16.2 Å². The summed E-state index contributed by atoms with van der Waals surface area (Å²) in [5, 5.41) is 14.7. The number of aryl methyl sites for hydroxylation is 1. The first kappa shape index (κ1) is 31.1. The summed E-state index contributed by atoms with van der Waals surface area (Å²) in [6.07, 6.45) is 7.10. The van der Waals surface area contributed by atoms with E-state index in [2.05, 4.69) is 38.3 Å². The molecule has 2 aromatic heterocycles. The molecular formula is C29H39N5O5S2. The van der Waals surface area contributed by atoms with E-state index in [0.29, 0.717) is 39.4 Å². The van der Waals surface area contributed by atoms with Crippen LogP contribution in [0.15, 0.2) is 28.0 Å². The van der Waals surface area contributed by atoms with Gasteiger partial charge >= 0.3 is 0 Å². The number of rotatable bonds is 5. The number of fused-ring (bicyclic) bond motifs is 1. The fourth-order valence-electron chi connectivity index (χ4n) is 5.90. The second-order valence-corrected chi connectivity index (χ2v) is 13.9. The molecule has 1 atom stereocenters. The Bertz CT molecular complexity index is 1430. The molecule has 0 aliphatic carbocycles. The summed E-state index contributed by atoms with van der Waals surface area (Å²) in [5.74, 6) is -0.522. The number of piperidine rings is 1. The van der Waals surface area contributed by atoms with Crippen molar-refractivity contribution in [1.29, 1.82) is 0 Å². The maximum Gasteiger partial charge on any atom is 0.300 e. The number of pyridine rings is 1. The third-order valence-electron chi connectivity index (χ3n) is 7.10. The fraction of sp³-hybridized carbons (Fsp3) is 0.552. The number of aromatic nitrogens is 2. The van der Waals surface area contributed by atoms with Gasteiger partial charge in [-0.1, -0.05) is 30.0 Å². The molecule has 5 rings (SSSR count). The van der Waals surface area contributed by atoms with Gasteiger partial charge in [0.05, 0.1) is 23.1 Å². The topological polar surface area (TPSA) is 125 Å². The third kappa shape index (κ3) is 7.73. The number of carbonyl (C=O) groups excluding carboxylic acids is 1. The number of carbonyl (C=O) groups is 2. The number of nitrogens with zero attached hydrogens (tertiary/aromatic N) is 3. The lowest BCUT2D eigenvalue weighted by Crippen LogP contribution is -2.60. The first-order chi connectivity index (χ1) is 19.1. The monoisotopic (exact) mass is 601 g/mol. The Hall–Kier alpha value is -2.80. The van der Waals surface area contributed by atoms with Crippen molar-refractivity contribution in [2.24, 2.45) is 0 Å². The minimum Gasteiger partial charge on any atom is -0.481 e. The van der Waals surface area contributed by atoms with Gasteiger partial charge in [0.2, 0.25) is 0 Å². The highest BCUT2D eigenvalue weighted by atomic mass is 32.2. The molecule has 0 bridgehead atoms. The lowest BCUT2D eigenvalue weighted by Gasteiger charge is -2.46. The lowest BCUT2D eigenvalue weighted by molar-refractivity contribution is -0.134. The predicted octanol–water partition coefficient (Wildman–Crippen LogP) is 4.20. The van der Waals surface area contributed by atoms with Gasteiger partial charge in [-0.15, -0.1) is 0 Å². The zero-order chi connectivity index (χ0) is 30.1. The van der Waals surface area contributed by atoms with E-state index in [9.17, 15) is 9.59 Å². The molecule has 3 aliphatic heterocycles. The number of carboxylic acids is 1. The first-order valence-corrected chi connectivity index (χ1v) is 15.0. The number of hydrogen-bond donors (Lipinski definition) is 3. The Kier molecular flexibility index (Phi) is 9.27. The van der Waals surface area contributed by atoms with Gasteiger partial charge in [0.25, 0.3) is 17.4 Å². The van der Waals surface area contributed by atoms with E-state index < -0.39 is 5.97 Å². The number of thioether (sulfide) groups is 1. The maximum atomic E-state index is 13.8. The van der Waals surface area contributed by atoms with Crippen LogP contribution in [0.5, 0.6) is 0 Å². The van der Waals surface area contributed by atoms with Gasteiger partial charge in [-0.3, -0.25) is 23.7 Å². The molecule has 0 saturated carbocycles. The number of thiocarbonyl (C=S) groups is 1. The molecule has 2 aromatic rings. The largest absolute Gasteiger partial charge is 0.481 e. The molecule has 3 aliphatic rings. The number of aliphatic carboxylic acids is 1. The molecule has 3 N–H and O–H groups in total. The van der Waals surface area contributed by atoms with Gasteiger partial charge in [0, 0.05) is 36.8 Å². The quantitative estimate of drug-likeness (QED) is 0.339. The van der Waals surface area contributed by atoms with Crippen LogP contribution >= 0.6 is 24.0 Å². The van der Waals surface area contributed by atoms with Gasteiger partial charge < -0.3 is 20.5 Å². The Morgan fingerprint density at radius 3 is 2.54 bits per heavy atom. The highest BCUT2D eigenvalue weighted by molar-refractivity contribution is 8.26. The molecule has 5 heterocycles. The number of anilines is 1. The molecule has 12 heteroatoms. The van der Waals surface area contributed by atoms with Crippen LogP contribution in [0.3, 0.4) is 0 Å². The molecule has 3 fully saturated rings. The standard InChI is InChI=1S/C27H35N5O3S2.C2H4O2/c1-16-8-9-21-29-22(28-17-12-26(2,3)30-27(4,5)13-17)19(23(33)31(21)14-16)11-20-24(34)32(25(36)37-20)15-18-7-6-10-35-18;1-2(3)4/h8-9,11,14,17-18,28,30H,6-7,10,12-13,15H2,1-5H3;1H3,(H,3,4). The highest BCUT2D eigenvalue weighted by Crippen LogP contribution is 2.35. The van der Waals surface area contributed by atoms with Crippen molar-refractivity contribution in [3.05, 3.63) is 44.7 Å². The van der Waals surface area contributed by atoms with Crippen molar-refractivity contribution >= 4 is 57.7 Å². The Morgan fingerprint density at radius 1 is 1.27 bits per heavy atom. The van der Waals surface area contributed by atoms with Crippen LogP contribution in [0.2, 0.25) is 0 Å². The van der Waals surface area contributed by atoms with Crippen LogP contribution in [0, 0.1) is 6.92 Å².